The number of carbonyl (C=O) groups excluding carboxylic acids is 1. The summed E-state index contributed by atoms with van der Waals surface area (Å²) in [4.78, 5) is 11.7. The van der Waals surface area contributed by atoms with Gasteiger partial charge in [0.05, 0.1) is 0 Å². The van der Waals surface area contributed by atoms with Crippen molar-refractivity contribution in [1.29, 1.82) is 0 Å². The van der Waals surface area contributed by atoms with Crippen LogP contribution in [-0.2, 0) is 9.53 Å². The number of carbonyl (C=O) groups is 1. The molecule has 2 aliphatic carbocycles. The molecule has 2 heteroatoms. The second-order valence-corrected chi connectivity index (χ2v) is 5.79. The smallest absolute Gasteiger partial charge is 0.306 e. The van der Waals surface area contributed by atoms with Crippen molar-refractivity contribution in [3.05, 3.63) is 0 Å². The predicted octanol–water partition coefficient (Wildman–Crippen LogP) is 4.22. The van der Waals surface area contributed by atoms with Crippen LogP contribution in [0.15, 0.2) is 0 Å². The van der Waals surface area contributed by atoms with Crippen LogP contribution in [0.3, 0.4) is 0 Å². The molecular weight excluding hydrogens is 212 g/mol. The maximum atomic E-state index is 11.7. The molecule has 0 unspecified atom stereocenters. The van der Waals surface area contributed by atoms with Crippen LogP contribution >= 0.6 is 0 Å². The zero-order valence-corrected chi connectivity index (χ0v) is 11.0. The first-order valence-electron chi connectivity index (χ1n) is 7.54. The van der Waals surface area contributed by atoms with Crippen LogP contribution in [0.2, 0.25) is 0 Å². The van der Waals surface area contributed by atoms with E-state index in [1.165, 1.54) is 51.4 Å². The highest BCUT2D eigenvalue weighted by molar-refractivity contribution is 5.69. The molecule has 0 aliphatic heterocycles. The van der Waals surface area contributed by atoms with E-state index in [1.807, 2.05) is 0 Å². The average molecular weight is 238 g/mol. The molecule has 0 spiro atoms. The molecule has 17 heavy (non-hydrogen) atoms. The number of esters is 1. The normalized spacial score (nSPS) is 23.5. The molecule has 2 nitrogen and oxygen atoms in total. The molecule has 0 aromatic heterocycles. The Morgan fingerprint density at radius 1 is 0.882 bits per heavy atom. The summed E-state index contributed by atoms with van der Waals surface area (Å²) in [6.45, 7) is 0. The largest absolute Gasteiger partial charge is 0.462 e. The summed E-state index contributed by atoms with van der Waals surface area (Å²) in [5.41, 5.74) is 0. The summed E-state index contributed by atoms with van der Waals surface area (Å²) in [5, 5.41) is 0. The van der Waals surface area contributed by atoms with E-state index in [4.69, 9.17) is 4.74 Å². The van der Waals surface area contributed by atoms with Crippen LogP contribution in [-0.4, -0.2) is 12.1 Å². The quantitative estimate of drug-likeness (QED) is 0.685. The minimum Gasteiger partial charge on any atom is -0.462 e. The lowest BCUT2D eigenvalue weighted by molar-refractivity contribution is -0.150. The fourth-order valence-electron chi connectivity index (χ4n) is 3.23. The van der Waals surface area contributed by atoms with Gasteiger partial charge in [-0.3, -0.25) is 4.79 Å². The van der Waals surface area contributed by atoms with E-state index >= 15 is 0 Å². The van der Waals surface area contributed by atoms with E-state index in [9.17, 15) is 4.79 Å². The number of rotatable bonds is 4. The molecule has 0 radical (unpaired) electrons. The van der Waals surface area contributed by atoms with Gasteiger partial charge in [-0.2, -0.15) is 0 Å². The minimum absolute atomic E-state index is 0.0578. The molecule has 2 saturated carbocycles. The van der Waals surface area contributed by atoms with Gasteiger partial charge in [0.1, 0.15) is 6.10 Å². The molecule has 98 valence electrons. The highest BCUT2D eigenvalue weighted by Crippen LogP contribution is 2.28. The third-order valence-corrected chi connectivity index (χ3v) is 4.33. The Morgan fingerprint density at radius 2 is 1.47 bits per heavy atom. The Kier molecular flexibility index (Phi) is 5.34. The molecule has 0 N–H and O–H groups in total. The fourth-order valence-corrected chi connectivity index (χ4v) is 3.23. The van der Waals surface area contributed by atoms with Gasteiger partial charge in [-0.15, -0.1) is 0 Å². The standard InChI is InChI=1S/C15H26O2/c16-15(17-14-9-5-2-6-10-14)12-11-13-7-3-1-4-8-13/h13-14H,1-12H2. The van der Waals surface area contributed by atoms with Gasteiger partial charge in [0.25, 0.3) is 0 Å². The highest BCUT2D eigenvalue weighted by atomic mass is 16.5. The van der Waals surface area contributed by atoms with Crippen molar-refractivity contribution >= 4 is 5.97 Å². The Morgan fingerprint density at radius 3 is 2.12 bits per heavy atom. The zero-order valence-electron chi connectivity index (χ0n) is 11.0. The van der Waals surface area contributed by atoms with Gasteiger partial charge in [-0.1, -0.05) is 38.5 Å². The molecule has 0 amide bonds. The van der Waals surface area contributed by atoms with Crippen molar-refractivity contribution in [2.75, 3.05) is 0 Å². The lowest BCUT2D eigenvalue weighted by Crippen LogP contribution is -2.21. The summed E-state index contributed by atoms with van der Waals surface area (Å²) >= 11 is 0. The SMILES string of the molecule is O=C(CCC1CCCCC1)OC1CCCCC1. The summed E-state index contributed by atoms with van der Waals surface area (Å²) in [7, 11) is 0. The Hall–Kier alpha value is -0.530. The summed E-state index contributed by atoms with van der Waals surface area (Å²) < 4.78 is 5.54. The third kappa shape index (κ3) is 4.69. The van der Waals surface area contributed by atoms with Gasteiger partial charge >= 0.3 is 5.97 Å². The van der Waals surface area contributed by atoms with Gasteiger partial charge in [0.15, 0.2) is 0 Å². The zero-order chi connectivity index (χ0) is 11.9. The Labute approximate surface area is 105 Å². The molecule has 0 aromatic rings. The highest BCUT2D eigenvalue weighted by Gasteiger charge is 2.19. The monoisotopic (exact) mass is 238 g/mol. The van der Waals surface area contributed by atoms with E-state index in [0.717, 1.165) is 25.2 Å². The molecule has 2 rings (SSSR count). The van der Waals surface area contributed by atoms with Crippen LogP contribution in [0.4, 0.5) is 0 Å². The summed E-state index contributed by atoms with van der Waals surface area (Å²) in [6, 6.07) is 0. The van der Waals surface area contributed by atoms with Crippen molar-refractivity contribution in [2.45, 2.75) is 83.2 Å². The van der Waals surface area contributed by atoms with Crippen molar-refractivity contribution in [1.82, 2.24) is 0 Å². The number of hydrogen-bond acceptors (Lipinski definition) is 2. The topological polar surface area (TPSA) is 26.3 Å². The van der Waals surface area contributed by atoms with Crippen LogP contribution in [0.1, 0.15) is 77.0 Å². The second kappa shape index (κ2) is 7.03. The average Bonchev–Trinajstić information content (AvgIpc) is 2.39. The Balaban J connectivity index is 1.59. The van der Waals surface area contributed by atoms with Crippen molar-refractivity contribution < 1.29 is 9.53 Å². The maximum Gasteiger partial charge on any atom is 0.306 e. The van der Waals surface area contributed by atoms with Crippen LogP contribution < -0.4 is 0 Å². The second-order valence-electron chi connectivity index (χ2n) is 5.79. The van der Waals surface area contributed by atoms with Gasteiger partial charge in [0, 0.05) is 6.42 Å². The fraction of sp³-hybridized carbons (Fsp3) is 0.933. The molecule has 0 aromatic carbocycles. The van der Waals surface area contributed by atoms with Crippen molar-refractivity contribution in [3.63, 3.8) is 0 Å². The first-order valence-corrected chi connectivity index (χ1v) is 7.54. The van der Waals surface area contributed by atoms with Gasteiger partial charge in [-0.25, -0.2) is 0 Å². The van der Waals surface area contributed by atoms with Crippen LogP contribution in [0, 0.1) is 5.92 Å². The lowest BCUT2D eigenvalue weighted by atomic mass is 9.86. The first-order chi connectivity index (χ1) is 8.34. The minimum atomic E-state index is 0.0578. The van der Waals surface area contributed by atoms with Gasteiger partial charge in [-0.05, 0) is 38.0 Å². The summed E-state index contributed by atoms with van der Waals surface area (Å²) in [6.07, 6.45) is 14.7. The van der Waals surface area contributed by atoms with Crippen molar-refractivity contribution in [3.8, 4) is 0 Å². The molecule has 2 aliphatic rings. The van der Waals surface area contributed by atoms with Crippen LogP contribution in [0.5, 0.6) is 0 Å². The number of ether oxygens (including phenoxy) is 1. The number of hydrogen-bond donors (Lipinski definition) is 0. The van der Waals surface area contributed by atoms with Gasteiger partial charge < -0.3 is 4.74 Å². The molecular formula is C15H26O2. The molecule has 0 atom stereocenters. The van der Waals surface area contributed by atoms with E-state index in [0.29, 0.717) is 6.42 Å². The van der Waals surface area contributed by atoms with Gasteiger partial charge in [0.2, 0.25) is 0 Å². The summed E-state index contributed by atoms with van der Waals surface area (Å²) in [5.74, 6) is 0.852. The van der Waals surface area contributed by atoms with E-state index in [1.54, 1.807) is 0 Å². The molecule has 2 fully saturated rings. The van der Waals surface area contributed by atoms with E-state index < -0.39 is 0 Å². The predicted molar refractivity (Wildman–Crippen MR) is 68.8 cm³/mol. The Bertz CT molecular complexity index is 225. The lowest BCUT2D eigenvalue weighted by Gasteiger charge is -2.23. The van der Waals surface area contributed by atoms with Crippen LogP contribution in [0.25, 0.3) is 0 Å². The molecule has 0 bridgehead atoms. The maximum absolute atomic E-state index is 11.7. The molecule has 0 heterocycles. The van der Waals surface area contributed by atoms with E-state index in [2.05, 4.69) is 0 Å². The van der Waals surface area contributed by atoms with E-state index in [-0.39, 0.29) is 12.1 Å². The van der Waals surface area contributed by atoms with Crippen molar-refractivity contribution in [2.24, 2.45) is 5.92 Å². The first kappa shape index (κ1) is 12.9. The third-order valence-electron chi connectivity index (χ3n) is 4.33. The molecule has 0 saturated heterocycles.